The number of carbonyl (C=O) groups excluding carboxylic acids is 1. The first-order chi connectivity index (χ1) is 13.2. The molecule has 28 heavy (non-hydrogen) atoms. The van der Waals surface area contributed by atoms with Gasteiger partial charge in [-0.05, 0) is 52.2 Å². The van der Waals surface area contributed by atoms with Crippen molar-refractivity contribution in [2.75, 3.05) is 20.1 Å². The first-order valence-corrected chi connectivity index (χ1v) is 9.80. The lowest BCUT2D eigenvalue weighted by Gasteiger charge is -2.19. The lowest BCUT2D eigenvalue weighted by Crippen LogP contribution is -2.39. The number of hydrogen-bond donors (Lipinski definition) is 3. The highest BCUT2D eigenvalue weighted by Gasteiger charge is 2.15. The van der Waals surface area contributed by atoms with Gasteiger partial charge in [0.25, 0.3) is 0 Å². The van der Waals surface area contributed by atoms with Crippen LogP contribution in [0, 0.1) is 0 Å². The van der Waals surface area contributed by atoms with Gasteiger partial charge >= 0.3 is 6.09 Å². The number of carbonyl (C=O) groups is 1. The van der Waals surface area contributed by atoms with Crippen molar-refractivity contribution in [3.63, 3.8) is 0 Å². The van der Waals surface area contributed by atoms with Crippen molar-refractivity contribution < 1.29 is 14.3 Å². The lowest BCUT2D eigenvalue weighted by atomic mass is 10.1. The summed E-state index contributed by atoms with van der Waals surface area (Å²) in [6.07, 6.45) is 0.591. The second-order valence-electron chi connectivity index (χ2n) is 7.81. The number of ether oxygens (including phenoxy) is 2. The molecule has 0 aliphatic rings. The Morgan fingerprint density at radius 2 is 1.79 bits per heavy atom. The van der Waals surface area contributed by atoms with Crippen molar-refractivity contribution in [1.29, 1.82) is 0 Å². The molecule has 0 aliphatic heterocycles. The Morgan fingerprint density at radius 3 is 2.43 bits per heavy atom. The summed E-state index contributed by atoms with van der Waals surface area (Å²) in [4.78, 5) is 15.8. The second-order valence-corrected chi connectivity index (χ2v) is 7.81. The van der Waals surface area contributed by atoms with Crippen LogP contribution in [0.3, 0.4) is 0 Å². The summed E-state index contributed by atoms with van der Waals surface area (Å²) in [5, 5.41) is 9.27. The van der Waals surface area contributed by atoms with Crippen molar-refractivity contribution in [3.8, 4) is 0 Å². The predicted molar refractivity (Wildman–Crippen MR) is 113 cm³/mol. The molecule has 0 saturated heterocycles. The Kier molecular flexibility index (Phi) is 10.4. The van der Waals surface area contributed by atoms with E-state index in [2.05, 4.69) is 39.1 Å². The lowest BCUT2D eigenvalue weighted by molar-refractivity contribution is 0.0527. The predicted octanol–water partition coefficient (Wildman–Crippen LogP) is 3.19. The fraction of sp³-hybridized carbons (Fsp3) is 0.619. The highest BCUT2D eigenvalue weighted by atomic mass is 16.6. The van der Waals surface area contributed by atoms with E-state index in [9.17, 15) is 4.79 Å². The zero-order chi connectivity index (χ0) is 21.0. The molecule has 0 spiro atoms. The van der Waals surface area contributed by atoms with E-state index in [1.807, 2.05) is 40.7 Å². The van der Waals surface area contributed by atoms with Crippen LogP contribution in [0.1, 0.15) is 52.2 Å². The molecule has 1 aromatic carbocycles. The van der Waals surface area contributed by atoms with E-state index in [0.717, 1.165) is 17.9 Å². The molecule has 1 aromatic rings. The molecule has 7 nitrogen and oxygen atoms in total. The Labute approximate surface area is 169 Å². The molecule has 0 aliphatic carbocycles. The Hall–Kier alpha value is -2.28. The molecule has 0 unspecified atom stereocenters. The molecule has 1 rings (SSSR count). The summed E-state index contributed by atoms with van der Waals surface area (Å²) < 4.78 is 10.9. The van der Waals surface area contributed by atoms with Crippen LogP contribution >= 0.6 is 0 Å². The van der Waals surface area contributed by atoms with Crippen LogP contribution in [0.2, 0.25) is 0 Å². The number of amides is 1. The highest BCUT2D eigenvalue weighted by molar-refractivity contribution is 5.79. The van der Waals surface area contributed by atoms with Crippen molar-refractivity contribution in [2.45, 2.75) is 65.9 Å². The van der Waals surface area contributed by atoms with Gasteiger partial charge in [0.15, 0.2) is 5.96 Å². The number of hydrogen-bond acceptors (Lipinski definition) is 4. The van der Waals surface area contributed by atoms with Gasteiger partial charge in [0.1, 0.15) is 5.60 Å². The number of aliphatic imine (C=N–C) groups is 1. The summed E-state index contributed by atoms with van der Waals surface area (Å²) in [7, 11) is 1.74. The monoisotopic (exact) mass is 392 g/mol. The topological polar surface area (TPSA) is 84.0 Å². The van der Waals surface area contributed by atoms with Gasteiger partial charge in [0.2, 0.25) is 0 Å². The third-order valence-corrected chi connectivity index (χ3v) is 3.57. The van der Waals surface area contributed by atoms with Gasteiger partial charge in [-0.2, -0.15) is 0 Å². The van der Waals surface area contributed by atoms with Gasteiger partial charge in [-0.3, -0.25) is 4.99 Å². The maximum Gasteiger partial charge on any atom is 0.407 e. The first kappa shape index (κ1) is 23.8. The number of alkyl carbamates (subject to hydrolysis) is 1. The first-order valence-electron chi connectivity index (χ1n) is 9.80. The maximum absolute atomic E-state index is 11.6. The summed E-state index contributed by atoms with van der Waals surface area (Å²) in [5.74, 6) is 0.723. The highest BCUT2D eigenvalue weighted by Crippen LogP contribution is 2.08. The Balaban J connectivity index is 2.28. The number of nitrogens with zero attached hydrogens (tertiary/aromatic N) is 1. The number of rotatable bonds is 9. The van der Waals surface area contributed by atoms with Crippen molar-refractivity contribution in [2.24, 2.45) is 4.99 Å². The third-order valence-electron chi connectivity index (χ3n) is 3.57. The van der Waals surface area contributed by atoms with Crippen LogP contribution in [0.5, 0.6) is 0 Å². The molecule has 3 N–H and O–H groups in total. The van der Waals surface area contributed by atoms with E-state index in [4.69, 9.17) is 9.47 Å². The van der Waals surface area contributed by atoms with Gasteiger partial charge in [-0.1, -0.05) is 24.3 Å². The van der Waals surface area contributed by atoms with Crippen LogP contribution in [-0.2, 0) is 22.6 Å². The average Bonchev–Trinajstić information content (AvgIpc) is 2.61. The summed E-state index contributed by atoms with van der Waals surface area (Å²) in [5.41, 5.74) is 1.84. The van der Waals surface area contributed by atoms with Gasteiger partial charge in [0, 0.05) is 26.7 Å². The van der Waals surface area contributed by atoms with Crippen molar-refractivity contribution >= 4 is 12.1 Å². The fourth-order valence-electron chi connectivity index (χ4n) is 2.30. The molecule has 7 heteroatoms. The van der Waals surface area contributed by atoms with E-state index in [-0.39, 0.29) is 6.10 Å². The normalized spacial score (nSPS) is 12.0. The minimum absolute atomic E-state index is 0.217. The van der Waals surface area contributed by atoms with E-state index < -0.39 is 11.7 Å². The molecule has 0 radical (unpaired) electrons. The maximum atomic E-state index is 11.6. The largest absolute Gasteiger partial charge is 0.444 e. The molecule has 1 amide bonds. The van der Waals surface area contributed by atoms with Gasteiger partial charge < -0.3 is 25.4 Å². The Morgan fingerprint density at radius 1 is 1.11 bits per heavy atom. The molecule has 0 aromatic heterocycles. The van der Waals surface area contributed by atoms with E-state index >= 15 is 0 Å². The van der Waals surface area contributed by atoms with Crippen LogP contribution in [-0.4, -0.2) is 43.9 Å². The smallest absolute Gasteiger partial charge is 0.407 e. The average molecular weight is 393 g/mol. The van der Waals surface area contributed by atoms with Crippen LogP contribution in [0.4, 0.5) is 4.79 Å². The standard InChI is InChI=1S/C21H36N4O3/c1-16(2)27-15-18-10-7-9-17(13-18)14-25-19(22-6)23-11-8-12-24-20(26)28-21(3,4)5/h7,9-10,13,16H,8,11-12,14-15H2,1-6H3,(H,24,26)(H2,22,23,25). The van der Waals surface area contributed by atoms with Gasteiger partial charge in [-0.15, -0.1) is 0 Å². The van der Waals surface area contributed by atoms with E-state index in [1.54, 1.807) is 7.05 Å². The zero-order valence-corrected chi connectivity index (χ0v) is 18.1. The van der Waals surface area contributed by atoms with E-state index in [0.29, 0.717) is 26.2 Å². The van der Waals surface area contributed by atoms with Gasteiger partial charge in [-0.25, -0.2) is 4.79 Å². The minimum Gasteiger partial charge on any atom is -0.444 e. The molecule has 0 saturated carbocycles. The summed E-state index contributed by atoms with van der Waals surface area (Å²) >= 11 is 0. The molecule has 0 heterocycles. The molecular weight excluding hydrogens is 356 g/mol. The summed E-state index contributed by atoms with van der Waals surface area (Å²) in [6.45, 7) is 12.1. The third kappa shape index (κ3) is 11.4. The molecule has 158 valence electrons. The van der Waals surface area contributed by atoms with Crippen molar-refractivity contribution in [1.82, 2.24) is 16.0 Å². The van der Waals surface area contributed by atoms with Crippen LogP contribution in [0.15, 0.2) is 29.3 Å². The quantitative estimate of drug-likeness (QED) is 0.341. The van der Waals surface area contributed by atoms with Crippen molar-refractivity contribution in [3.05, 3.63) is 35.4 Å². The fourth-order valence-corrected chi connectivity index (χ4v) is 2.30. The zero-order valence-electron chi connectivity index (χ0n) is 18.1. The molecule has 0 fully saturated rings. The second kappa shape index (κ2) is 12.2. The minimum atomic E-state index is -0.480. The summed E-state index contributed by atoms with van der Waals surface area (Å²) in [6, 6.07) is 8.31. The molecule has 0 bridgehead atoms. The number of nitrogens with one attached hydrogen (secondary N) is 3. The Bertz CT molecular complexity index is 624. The number of guanidine groups is 1. The SMILES string of the molecule is CN=C(NCCCNC(=O)OC(C)(C)C)NCc1cccc(COC(C)C)c1. The number of benzene rings is 1. The molecular formula is C21H36N4O3. The van der Waals surface area contributed by atoms with Crippen LogP contribution in [0.25, 0.3) is 0 Å². The van der Waals surface area contributed by atoms with Gasteiger partial charge in [0.05, 0.1) is 12.7 Å². The van der Waals surface area contributed by atoms with E-state index in [1.165, 1.54) is 5.56 Å². The molecule has 0 atom stereocenters. The van der Waals surface area contributed by atoms with Crippen LogP contribution < -0.4 is 16.0 Å².